The molecule has 0 radical (unpaired) electrons. The Hall–Kier alpha value is -0.610. The Morgan fingerprint density at radius 1 is 1.33 bits per heavy atom. The van der Waals surface area contributed by atoms with Gasteiger partial charge >= 0.3 is 0 Å². The molecule has 4 heteroatoms. The Morgan fingerprint density at radius 3 is 2.60 bits per heavy atom. The Balaban J connectivity index is 2.59. The highest BCUT2D eigenvalue weighted by atomic mass is 16.2. The quantitative estimate of drug-likeness (QED) is 0.716. The van der Waals surface area contributed by atoms with Crippen LogP contribution in [-0.2, 0) is 4.79 Å². The van der Waals surface area contributed by atoms with Crippen molar-refractivity contribution in [1.29, 1.82) is 0 Å². The van der Waals surface area contributed by atoms with Crippen molar-refractivity contribution in [2.45, 2.75) is 32.2 Å². The SMILES string of the molecule is CCC(C)(N)C(=O)N1CCCN(C)CC1. The summed E-state index contributed by atoms with van der Waals surface area (Å²) in [6, 6.07) is 0. The van der Waals surface area contributed by atoms with Crippen molar-refractivity contribution < 1.29 is 4.79 Å². The van der Waals surface area contributed by atoms with Gasteiger partial charge in [0.1, 0.15) is 0 Å². The van der Waals surface area contributed by atoms with Gasteiger partial charge in [0, 0.05) is 19.6 Å². The molecule has 88 valence electrons. The fourth-order valence-corrected chi connectivity index (χ4v) is 1.76. The summed E-state index contributed by atoms with van der Waals surface area (Å²) in [7, 11) is 2.09. The molecular weight excluding hydrogens is 190 g/mol. The van der Waals surface area contributed by atoms with Gasteiger partial charge in [-0.15, -0.1) is 0 Å². The molecule has 1 atom stereocenters. The molecule has 0 aromatic rings. The number of likely N-dealkylation sites (N-methyl/N-ethyl adjacent to an activating group) is 1. The van der Waals surface area contributed by atoms with Gasteiger partial charge in [0.25, 0.3) is 0 Å². The van der Waals surface area contributed by atoms with E-state index in [2.05, 4.69) is 11.9 Å². The van der Waals surface area contributed by atoms with Crippen LogP contribution in [0.4, 0.5) is 0 Å². The zero-order valence-corrected chi connectivity index (χ0v) is 10.1. The van der Waals surface area contributed by atoms with E-state index in [1.54, 1.807) is 0 Å². The van der Waals surface area contributed by atoms with E-state index in [4.69, 9.17) is 5.73 Å². The topological polar surface area (TPSA) is 49.6 Å². The molecule has 0 aromatic heterocycles. The van der Waals surface area contributed by atoms with Crippen molar-refractivity contribution in [3.8, 4) is 0 Å². The maximum absolute atomic E-state index is 12.1. The third-order valence-electron chi connectivity index (χ3n) is 3.23. The predicted octanol–water partition coefficient (Wildman–Crippen LogP) is 0.278. The maximum Gasteiger partial charge on any atom is 0.242 e. The predicted molar refractivity (Wildman–Crippen MR) is 61.6 cm³/mol. The number of hydrogen-bond donors (Lipinski definition) is 1. The minimum Gasteiger partial charge on any atom is -0.340 e. The van der Waals surface area contributed by atoms with Crippen molar-refractivity contribution in [3.05, 3.63) is 0 Å². The lowest BCUT2D eigenvalue weighted by Gasteiger charge is -2.30. The first-order valence-electron chi connectivity index (χ1n) is 5.74. The van der Waals surface area contributed by atoms with Crippen LogP contribution < -0.4 is 5.73 Å². The van der Waals surface area contributed by atoms with E-state index in [-0.39, 0.29) is 5.91 Å². The first-order valence-corrected chi connectivity index (χ1v) is 5.74. The monoisotopic (exact) mass is 213 g/mol. The third kappa shape index (κ3) is 3.18. The molecule has 0 saturated carbocycles. The number of hydrogen-bond acceptors (Lipinski definition) is 3. The van der Waals surface area contributed by atoms with Gasteiger partial charge in [0.15, 0.2) is 0 Å². The minimum absolute atomic E-state index is 0.0975. The molecule has 1 saturated heterocycles. The number of amides is 1. The van der Waals surface area contributed by atoms with Crippen LogP contribution in [0, 0.1) is 0 Å². The fourth-order valence-electron chi connectivity index (χ4n) is 1.76. The lowest BCUT2D eigenvalue weighted by atomic mass is 9.98. The largest absolute Gasteiger partial charge is 0.340 e. The van der Waals surface area contributed by atoms with E-state index in [9.17, 15) is 4.79 Å². The number of nitrogens with two attached hydrogens (primary N) is 1. The highest BCUT2D eigenvalue weighted by Gasteiger charge is 2.31. The van der Waals surface area contributed by atoms with Crippen LogP contribution in [0.15, 0.2) is 0 Å². The molecule has 1 fully saturated rings. The summed E-state index contributed by atoms with van der Waals surface area (Å²) in [4.78, 5) is 16.3. The molecule has 1 unspecified atom stereocenters. The molecule has 1 aliphatic rings. The van der Waals surface area contributed by atoms with Gasteiger partial charge in [-0.2, -0.15) is 0 Å². The van der Waals surface area contributed by atoms with E-state index in [1.165, 1.54) is 0 Å². The van der Waals surface area contributed by atoms with Gasteiger partial charge in [0.2, 0.25) is 5.91 Å². The summed E-state index contributed by atoms with van der Waals surface area (Å²) in [6.07, 6.45) is 1.74. The van der Waals surface area contributed by atoms with Crippen molar-refractivity contribution in [1.82, 2.24) is 9.80 Å². The summed E-state index contributed by atoms with van der Waals surface area (Å²) in [6.45, 7) is 7.45. The van der Waals surface area contributed by atoms with Gasteiger partial charge in [-0.25, -0.2) is 0 Å². The smallest absolute Gasteiger partial charge is 0.242 e. The Kier molecular flexibility index (Phi) is 4.11. The minimum atomic E-state index is -0.692. The highest BCUT2D eigenvalue weighted by Crippen LogP contribution is 2.12. The van der Waals surface area contributed by atoms with Crippen LogP contribution >= 0.6 is 0 Å². The molecule has 0 bridgehead atoms. The molecule has 4 nitrogen and oxygen atoms in total. The van der Waals surface area contributed by atoms with Gasteiger partial charge in [0.05, 0.1) is 5.54 Å². The Labute approximate surface area is 92.4 Å². The van der Waals surface area contributed by atoms with Crippen LogP contribution in [0.25, 0.3) is 0 Å². The molecule has 0 spiro atoms. The van der Waals surface area contributed by atoms with Crippen molar-refractivity contribution in [2.24, 2.45) is 5.73 Å². The van der Waals surface area contributed by atoms with Crippen LogP contribution in [0.1, 0.15) is 26.7 Å². The van der Waals surface area contributed by atoms with Crippen LogP contribution in [0.2, 0.25) is 0 Å². The molecule has 15 heavy (non-hydrogen) atoms. The Bertz CT molecular complexity index is 228. The molecular formula is C11H23N3O. The average molecular weight is 213 g/mol. The molecule has 0 aliphatic carbocycles. The van der Waals surface area contributed by atoms with Gasteiger partial charge in [-0.05, 0) is 33.4 Å². The van der Waals surface area contributed by atoms with Gasteiger partial charge < -0.3 is 15.5 Å². The number of carbonyl (C=O) groups is 1. The lowest BCUT2D eigenvalue weighted by Crippen LogP contribution is -2.53. The average Bonchev–Trinajstić information content (AvgIpc) is 2.42. The lowest BCUT2D eigenvalue weighted by molar-refractivity contribution is -0.136. The van der Waals surface area contributed by atoms with Crippen molar-refractivity contribution in [3.63, 3.8) is 0 Å². The van der Waals surface area contributed by atoms with E-state index in [0.29, 0.717) is 6.42 Å². The normalized spacial score (nSPS) is 23.3. The van der Waals surface area contributed by atoms with E-state index in [1.807, 2.05) is 18.7 Å². The zero-order valence-electron chi connectivity index (χ0n) is 10.1. The number of rotatable bonds is 2. The fraction of sp³-hybridized carbons (Fsp3) is 0.909. The van der Waals surface area contributed by atoms with Crippen molar-refractivity contribution >= 4 is 5.91 Å². The van der Waals surface area contributed by atoms with E-state index in [0.717, 1.165) is 32.6 Å². The molecule has 1 aliphatic heterocycles. The molecule has 1 amide bonds. The second-order valence-electron chi connectivity index (χ2n) is 4.72. The third-order valence-corrected chi connectivity index (χ3v) is 3.23. The summed E-state index contributed by atoms with van der Waals surface area (Å²) in [5.74, 6) is 0.0975. The van der Waals surface area contributed by atoms with Crippen LogP contribution in [0.5, 0.6) is 0 Å². The van der Waals surface area contributed by atoms with E-state index < -0.39 is 5.54 Å². The molecule has 0 aromatic carbocycles. The summed E-state index contributed by atoms with van der Waals surface area (Å²) < 4.78 is 0. The second-order valence-corrected chi connectivity index (χ2v) is 4.72. The van der Waals surface area contributed by atoms with E-state index >= 15 is 0 Å². The van der Waals surface area contributed by atoms with Crippen molar-refractivity contribution in [2.75, 3.05) is 33.2 Å². The maximum atomic E-state index is 12.1. The second kappa shape index (κ2) is 4.94. The first kappa shape index (κ1) is 12.5. The highest BCUT2D eigenvalue weighted by molar-refractivity contribution is 5.85. The first-order chi connectivity index (χ1) is 6.97. The molecule has 1 rings (SSSR count). The molecule has 1 heterocycles. The van der Waals surface area contributed by atoms with Gasteiger partial charge in [-0.1, -0.05) is 6.92 Å². The number of nitrogens with zero attached hydrogens (tertiary/aromatic N) is 2. The standard InChI is InChI=1S/C11H23N3O/c1-4-11(2,12)10(15)14-7-5-6-13(3)8-9-14/h4-9,12H2,1-3H3. The van der Waals surface area contributed by atoms with Crippen LogP contribution in [-0.4, -0.2) is 54.5 Å². The van der Waals surface area contributed by atoms with Gasteiger partial charge in [-0.3, -0.25) is 4.79 Å². The molecule has 2 N–H and O–H groups in total. The zero-order chi connectivity index (χ0) is 11.5. The number of carbonyl (C=O) groups excluding carboxylic acids is 1. The summed E-state index contributed by atoms with van der Waals surface area (Å²) in [5.41, 5.74) is 5.28. The summed E-state index contributed by atoms with van der Waals surface area (Å²) in [5, 5.41) is 0. The summed E-state index contributed by atoms with van der Waals surface area (Å²) >= 11 is 0. The Morgan fingerprint density at radius 2 is 2.00 bits per heavy atom. The van der Waals surface area contributed by atoms with Crippen LogP contribution in [0.3, 0.4) is 0 Å².